The lowest BCUT2D eigenvalue weighted by molar-refractivity contribution is -0.129. The van der Waals surface area contributed by atoms with Gasteiger partial charge in [0.05, 0.1) is 0 Å². The Bertz CT molecular complexity index is 297. The van der Waals surface area contributed by atoms with Crippen LogP contribution in [-0.2, 0) is 9.59 Å². The van der Waals surface area contributed by atoms with Crippen molar-refractivity contribution < 1.29 is 9.59 Å². The van der Waals surface area contributed by atoms with E-state index in [0.717, 1.165) is 19.3 Å². The van der Waals surface area contributed by atoms with E-state index in [1.54, 1.807) is 9.80 Å². The van der Waals surface area contributed by atoms with Crippen LogP contribution >= 0.6 is 46.4 Å². The molecule has 0 aliphatic carbocycles. The maximum Gasteiger partial charge on any atom is 0.255 e. The quantitative estimate of drug-likeness (QED) is 0.430. The molecule has 0 aliphatic rings. The number of amides is 2. The normalized spacial score (nSPS) is 11.0. The van der Waals surface area contributed by atoms with Crippen LogP contribution in [-0.4, -0.2) is 57.5 Å². The summed E-state index contributed by atoms with van der Waals surface area (Å²) in [6, 6.07) is 0. The fourth-order valence-corrected chi connectivity index (χ4v) is 2.46. The SMILES string of the molecule is CCN(CCCCCN(CC)C(=O)C(Cl)Cl)C(=O)C(Cl)Cl. The van der Waals surface area contributed by atoms with Gasteiger partial charge in [0, 0.05) is 26.2 Å². The summed E-state index contributed by atoms with van der Waals surface area (Å²) in [5, 5.41) is 0. The van der Waals surface area contributed by atoms with Crippen molar-refractivity contribution in [3.05, 3.63) is 0 Å². The Kier molecular flexibility index (Phi) is 11.7. The molecule has 0 aliphatic heterocycles. The number of halogens is 4. The van der Waals surface area contributed by atoms with Crippen LogP contribution in [0.2, 0.25) is 0 Å². The predicted molar refractivity (Wildman–Crippen MR) is 89.3 cm³/mol. The fourth-order valence-electron chi connectivity index (χ4n) is 1.91. The molecule has 0 N–H and O–H groups in total. The van der Waals surface area contributed by atoms with Gasteiger partial charge < -0.3 is 9.80 Å². The van der Waals surface area contributed by atoms with Gasteiger partial charge in [0.2, 0.25) is 0 Å². The molecule has 124 valence electrons. The van der Waals surface area contributed by atoms with Crippen LogP contribution in [0.25, 0.3) is 0 Å². The summed E-state index contributed by atoms with van der Waals surface area (Å²) in [4.78, 5) is 24.5. The van der Waals surface area contributed by atoms with E-state index < -0.39 is 9.67 Å². The lowest BCUT2D eigenvalue weighted by Crippen LogP contribution is -2.36. The van der Waals surface area contributed by atoms with Crippen LogP contribution in [0.3, 0.4) is 0 Å². The van der Waals surface area contributed by atoms with E-state index in [2.05, 4.69) is 0 Å². The van der Waals surface area contributed by atoms with Crippen LogP contribution in [0, 0.1) is 0 Å². The largest absolute Gasteiger partial charge is 0.341 e. The summed E-state index contributed by atoms with van der Waals surface area (Å²) in [6.07, 6.45) is 2.55. The third kappa shape index (κ3) is 8.34. The van der Waals surface area contributed by atoms with Crippen LogP contribution in [0.1, 0.15) is 33.1 Å². The zero-order chi connectivity index (χ0) is 16.4. The van der Waals surface area contributed by atoms with Crippen molar-refractivity contribution in [2.45, 2.75) is 42.8 Å². The van der Waals surface area contributed by atoms with E-state index in [1.165, 1.54) is 0 Å². The van der Waals surface area contributed by atoms with Gasteiger partial charge in [-0.15, -0.1) is 0 Å². The van der Waals surface area contributed by atoms with Crippen molar-refractivity contribution in [1.82, 2.24) is 9.80 Å². The van der Waals surface area contributed by atoms with E-state index in [-0.39, 0.29) is 11.8 Å². The summed E-state index contributed by atoms with van der Waals surface area (Å²) in [6.45, 7) is 6.14. The molecule has 0 rings (SSSR count). The first-order valence-corrected chi connectivity index (χ1v) is 8.73. The van der Waals surface area contributed by atoms with Crippen molar-refractivity contribution in [1.29, 1.82) is 0 Å². The number of hydrogen-bond donors (Lipinski definition) is 0. The molecule has 0 bridgehead atoms. The van der Waals surface area contributed by atoms with Gasteiger partial charge in [-0.25, -0.2) is 0 Å². The monoisotopic (exact) mass is 378 g/mol. The third-order valence-corrected chi connectivity index (χ3v) is 3.86. The van der Waals surface area contributed by atoms with Crippen molar-refractivity contribution in [3.63, 3.8) is 0 Å². The molecule has 21 heavy (non-hydrogen) atoms. The number of carbonyl (C=O) groups is 2. The Morgan fingerprint density at radius 2 is 1.10 bits per heavy atom. The van der Waals surface area contributed by atoms with Gasteiger partial charge >= 0.3 is 0 Å². The van der Waals surface area contributed by atoms with Crippen molar-refractivity contribution in [2.75, 3.05) is 26.2 Å². The third-order valence-electron chi connectivity index (χ3n) is 3.12. The molecule has 0 aromatic heterocycles. The number of hydrogen-bond acceptors (Lipinski definition) is 2. The van der Waals surface area contributed by atoms with Crippen LogP contribution in [0.4, 0.5) is 0 Å². The molecule has 0 saturated carbocycles. The fraction of sp³-hybridized carbons (Fsp3) is 0.846. The minimum Gasteiger partial charge on any atom is -0.341 e. The maximum absolute atomic E-state index is 11.6. The molecule has 4 nitrogen and oxygen atoms in total. The molecule has 0 aromatic carbocycles. The van der Waals surface area contributed by atoms with Crippen molar-refractivity contribution in [2.24, 2.45) is 0 Å². The second-order valence-electron chi connectivity index (χ2n) is 4.50. The highest BCUT2D eigenvalue weighted by Crippen LogP contribution is 2.10. The summed E-state index contributed by atoms with van der Waals surface area (Å²) in [5.41, 5.74) is 0. The zero-order valence-electron chi connectivity index (χ0n) is 12.3. The number of rotatable bonds is 10. The Morgan fingerprint density at radius 1 is 0.762 bits per heavy atom. The highest BCUT2D eigenvalue weighted by atomic mass is 35.5. The number of nitrogens with zero attached hydrogens (tertiary/aromatic N) is 2. The molecular weight excluding hydrogens is 358 g/mol. The molecular formula is C13H22Cl4N2O2. The summed E-state index contributed by atoms with van der Waals surface area (Å²) >= 11 is 22.3. The van der Waals surface area contributed by atoms with Crippen LogP contribution < -0.4 is 0 Å². The van der Waals surface area contributed by atoms with E-state index in [4.69, 9.17) is 46.4 Å². The highest BCUT2D eigenvalue weighted by molar-refractivity contribution is 6.53. The highest BCUT2D eigenvalue weighted by Gasteiger charge is 2.19. The number of unbranched alkanes of at least 4 members (excludes halogenated alkanes) is 2. The topological polar surface area (TPSA) is 40.6 Å². The van der Waals surface area contributed by atoms with Gasteiger partial charge in [-0.3, -0.25) is 9.59 Å². The Morgan fingerprint density at radius 3 is 1.33 bits per heavy atom. The van der Waals surface area contributed by atoms with Crippen LogP contribution in [0.15, 0.2) is 0 Å². The first kappa shape index (κ1) is 21.1. The van der Waals surface area contributed by atoms with E-state index in [9.17, 15) is 9.59 Å². The summed E-state index contributed by atoms with van der Waals surface area (Å²) in [5.74, 6) is -0.531. The van der Waals surface area contributed by atoms with Crippen LogP contribution in [0.5, 0.6) is 0 Å². The second-order valence-corrected chi connectivity index (χ2v) is 6.69. The van der Waals surface area contributed by atoms with Crippen molar-refractivity contribution >= 4 is 58.2 Å². The molecule has 0 saturated heterocycles. The molecule has 0 spiro atoms. The van der Waals surface area contributed by atoms with Gasteiger partial charge in [0.1, 0.15) is 0 Å². The number of alkyl halides is 4. The lowest BCUT2D eigenvalue weighted by Gasteiger charge is -2.23. The minimum atomic E-state index is -1.01. The Hall–Kier alpha value is 0.1000. The summed E-state index contributed by atoms with van der Waals surface area (Å²) in [7, 11) is 0. The van der Waals surface area contributed by atoms with Gasteiger partial charge in [0.25, 0.3) is 11.8 Å². The average Bonchev–Trinajstić information content (AvgIpc) is 2.45. The van der Waals surface area contributed by atoms with Gasteiger partial charge in [-0.2, -0.15) is 0 Å². The van der Waals surface area contributed by atoms with Gasteiger partial charge in [-0.1, -0.05) is 46.4 Å². The molecule has 0 aromatic rings. The molecule has 0 radical (unpaired) electrons. The Labute approximate surface area is 146 Å². The van der Waals surface area contributed by atoms with E-state index >= 15 is 0 Å². The van der Waals surface area contributed by atoms with Crippen molar-refractivity contribution in [3.8, 4) is 0 Å². The Balaban J connectivity index is 3.99. The molecule has 2 amide bonds. The predicted octanol–water partition coefficient (Wildman–Crippen LogP) is 3.46. The van der Waals surface area contributed by atoms with Gasteiger partial charge in [-0.05, 0) is 33.1 Å². The molecule has 0 atom stereocenters. The lowest BCUT2D eigenvalue weighted by atomic mass is 10.2. The standard InChI is InChI=1S/C13H22Cl4N2O2/c1-3-18(12(20)10(14)15)8-6-5-7-9-19(4-2)13(21)11(16)17/h10-11H,3-9H2,1-2H3. The maximum atomic E-state index is 11.6. The first-order valence-electron chi connectivity index (χ1n) is 6.98. The summed E-state index contributed by atoms with van der Waals surface area (Å²) < 4.78 is 0. The van der Waals surface area contributed by atoms with E-state index in [1.807, 2.05) is 13.8 Å². The molecule has 0 heterocycles. The average molecular weight is 380 g/mol. The van der Waals surface area contributed by atoms with Gasteiger partial charge in [0.15, 0.2) is 9.67 Å². The second kappa shape index (κ2) is 11.6. The van der Waals surface area contributed by atoms with E-state index in [0.29, 0.717) is 26.2 Å². The molecule has 0 unspecified atom stereocenters. The molecule has 0 fully saturated rings. The first-order chi connectivity index (χ1) is 9.84. The smallest absolute Gasteiger partial charge is 0.255 e. The zero-order valence-corrected chi connectivity index (χ0v) is 15.4. The minimum absolute atomic E-state index is 0.265. The molecule has 8 heteroatoms. The number of carbonyl (C=O) groups excluding carboxylic acids is 2.